The summed E-state index contributed by atoms with van der Waals surface area (Å²) in [6.07, 6.45) is 0.272. The lowest BCUT2D eigenvalue weighted by Crippen LogP contribution is -2.47. The molecule has 122 valence electrons. The van der Waals surface area contributed by atoms with Gasteiger partial charge in [-0.2, -0.15) is 13.2 Å². The number of urea groups is 1. The minimum atomic E-state index is -4.49. The second-order valence-electron chi connectivity index (χ2n) is 5.27. The number of halogens is 3. The van der Waals surface area contributed by atoms with Crippen molar-refractivity contribution in [2.24, 2.45) is 5.92 Å². The summed E-state index contributed by atoms with van der Waals surface area (Å²) in [6.45, 7) is 8.27. The Kier molecular flexibility index (Phi) is 5.96. The van der Waals surface area contributed by atoms with Gasteiger partial charge in [0.15, 0.2) is 0 Å². The fraction of sp³-hybridized carbons (Fsp3) is 0.467. The molecule has 0 saturated carbocycles. The molecule has 3 N–H and O–H groups in total. The SMILES string of the molecule is C=CC(CC(=C)C(F)(F)F)NC(=O)NC1C=CC(C)C(=N)C1. The third-order valence-electron chi connectivity index (χ3n) is 3.41. The van der Waals surface area contributed by atoms with Gasteiger partial charge in [0.25, 0.3) is 0 Å². The van der Waals surface area contributed by atoms with E-state index in [1.807, 2.05) is 13.0 Å². The normalized spacial score (nSPS) is 22.8. The van der Waals surface area contributed by atoms with Gasteiger partial charge in [-0.05, 0) is 0 Å². The van der Waals surface area contributed by atoms with E-state index in [1.54, 1.807) is 6.08 Å². The molecule has 0 aliphatic heterocycles. The summed E-state index contributed by atoms with van der Waals surface area (Å²) in [5, 5.41) is 12.8. The first-order valence-corrected chi connectivity index (χ1v) is 6.83. The number of carbonyl (C=O) groups excluding carboxylic acids is 1. The van der Waals surface area contributed by atoms with Crippen molar-refractivity contribution in [3.05, 3.63) is 37.0 Å². The first-order chi connectivity index (χ1) is 10.1. The van der Waals surface area contributed by atoms with E-state index in [-0.39, 0.29) is 12.0 Å². The molecule has 3 atom stereocenters. The van der Waals surface area contributed by atoms with E-state index in [4.69, 9.17) is 5.41 Å². The lowest BCUT2D eigenvalue weighted by molar-refractivity contribution is -0.0939. The maximum Gasteiger partial charge on any atom is 0.412 e. The van der Waals surface area contributed by atoms with Gasteiger partial charge >= 0.3 is 12.2 Å². The van der Waals surface area contributed by atoms with E-state index in [0.29, 0.717) is 12.1 Å². The molecule has 0 aromatic carbocycles. The zero-order valence-electron chi connectivity index (χ0n) is 12.3. The molecule has 1 aliphatic rings. The van der Waals surface area contributed by atoms with Crippen LogP contribution < -0.4 is 10.6 Å². The third-order valence-corrected chi connectivity index (χ3v) is 3.41. The molecular weight excluding hydrogens is 295 g/mol. The highest BCUT2D eigenvalue weighted by atomic mass is 19.4. The summed E-state index contributed by atoms with van der Waals surface area (Å²) >= 11 is 0. The second kappa shape index (κ2) is 7.29. The van der Waals surface area contributed by atoms with Crippen molar-refractivity contribution in [3.8, 4) is 0 Å². The Balaban J connectivity index is 2.52. The van der Waals surface area contributed by atoms with Gasteiger partial charge in [0.2, 0.25) is 0 Å². The highest BCUT2D eigenvalue weighted by molar-refractivity contribution is 5.87. The molecule has 3 unspecified atom stereocenters. The van der Waals surface area contributed by atoms with Gasteiger partial charge in [0, 0.05) is 30.0 Å². The standard InChI is InChI=1S/C15H20F3N3O/c1-4-11(7-10(3)15(16,17)18)20-14(22)21-12-6-5-9(2)13(19)8-12/h4-6,9,11-12,19H,1,3,7-8H2,2H3,(H2,20,21,22). The molecular formula is C15H20F3N3O. The topological polar surface area (TPSA) is 65.0 Å². The van der Waals surface area contributed by atoms with Crippen molar-refractivity contribution in [3.63, 3.8) is 0 Å². The molecule has 4 nitrogen and oxygen atoms in total. The molecule has 0 aromatic rings. The predicted octanol–water partition coefficient (Wildman–Crippen LogP) is 3.33. The molecule has 22 heavy (non-hydrogen) atoms. The summed E-state index contributed by atoms with van der Waals surface area (Å²) < 4.78 is 37.3. The molecule has 1 rings (SSSR count). The van der Waals surface area contributed by atoms with Crippen LogP contribution in [-0.2, 0) is 0 Å². The van der Waals surface area contributed by atoms with E-state index in [1.165, 1.54) is 6.08 Å². The molecule has 0 aromatic heterocycles. The van der Waals surface area contributed by atoms with Crippen LogP contribution >= 0.6 is 0 Å². The van der Waals surface area contributed by atoms with Crippen molar-refractivity contribution in [2.45, 2.75) is 38.0 Å². The minimum absolute atomic E-state index is 0.0390. The van der Waals surface area contributed by atoms with Gasteiger partial charge in [-0.3, -0.25) is 0 Å². The zero-order valence-corrected chi connectivity index (χ0v) is 12.3. The number of nitrogens with one attached hydrogen (secondary N) is 3. The van der Waals surface area contributed by atoms with Crippen LogP contribution in [0.2, 0.25) is 0 Å². The summed E-state index contributed by atoms with van der Waals surface area (Å²) in [5.74, 6) is 0.0390. The average molecular weight is 315 g/mol. The van der Waals surface area contributed by atoms with Crippen molar-refractivity contribution >= 4 is 11.7 Å². The number of rotatable bonds is 5. The maximum atomic E-state index is 12.4. The lowest BCUT2D eigenvalue weighted by atomic mass is 9.92. The number of allylic oxidation sites excluding steroid dienone is 1. The van der Waals surface area contributed by atoms with Crippen molar-refractivity contribution in [2.75, 3.05) is 0 Å². The number of carbonyl (C=O) groups is 1. The third kappa shape index (κ3) is 5.38. The van der Waals surface area contributed by atoms with E-state index in [9.17, 15) is 18.0 Å². The molecule has 7 heteroatoms. The van der Waals surface area contributed by atoms with Crippen molar-refractivity contribution < 1.29 is 18.0 Å². The summed E-state index contributed by atoms with van der Waals surface area (Å²) in [7, 11) is 0. The van der Waals surface area contributed by atoms with Crippen LogP contribution in [0.15, 0.2) is 37.0 Å². The predicted molar refractivity (Wildman–Crippen MR) is 79.9 cm³/mol. The van der Waals surface area contributed by atoms with Gasteiger partial charge in [-0.25, -0.2) is 4.79 Å². The van der Waals surface area contributed by atoms with E-state index in [0.717, 1.165) is 0 Å². The molecule has 0 bridgehead atoms. The van der Waals surface area contributed by atoms with Gasteiger partial charge < -0.3 is 16.0 Å². The second-order valence-corrected chi connectivity index (χ2v) is 5.27. The van der Waals surface area contributed by atoms with E-state index >= 15 is 0 Å². The monoisotopic (exact) mass is 315 g/mol. The van der Waals surface area contributed by atoms with E-state index in [2.05, 4.69) is 23.8 Å². The maximum absolute atomic E-state index is 12.4. The highest BCUT2D eigenvalue weighted by Crippen LogP contribution is 2.27. The molecule has 0 spiro atoms. The van der Waals surface area contributed by atoms with Crippen LogP contribution in [0.1, 0.15) is 19.8 Å². The molecule has 0 heterocycles. The van der Waals surface area contributed by atoms with Crippen LogP contribution in [-0.4, -0.2) is 30.0 Å². The van der Waals surface area contributed by atoms with Crippen LogP contribution in [0.4, 0.5) is 18.0 Å². The van der Waals surface area contributed by atoms with Crippen LogP contribution in [0.5, 0.6) is 0 Å². The Bertz CT molecular complexity index is 497. The van der Waals surface area contributed by atoms with Gasteiger partial charge in [-0.1, -0.05) is 31.7 Å². The number of hydrogen-bond donors (Lipinski definition) is 3. The molecule has 0 fully saturated rings. The smallest absolute Gasteiger partial charge is 0.332 e. The summed E-state index contributed by atoms with van der Waals surface area (Å²) in [6, 6.07) is -1.79. The number of hydrogen-bond acceptors (Lipinski definition) is 2. The molecule has 2 amide bonds. The largest absolute Gasteiger partial charge is 0.412 e. The van der Waals surface area contributed by atoms with Gasteiger partial charge in [0.05, 0.1) is 12.1 Å². The first-order valence-electron chi connectivity index (χ1n) is 6.83. The Morgan fingerprint density at radius 2 is 2.18 bits per heavy atom. The number of amides is 2. The molecule has 0 saturated heterocycles. The fourth-order valence-corrected chi connectivity index (χ4v) is 1.96. The van der Waals surface area contributed by atoms with Crippen LogP contribution in [0.3, 0.4) is 0 Å². The zero-order chi connectivity index (χ0) is 16.9. The Hall–Kier alpha value is -2.05. The molecule has 1 aliphatic carbocycles. The lowest BCUT2D eigenvalue weighted by Gasteiger charge is -2.24. The molecule has 0 radical (unpaired) electrons. The van der Waals surface area contributed by atoms with Crippen LogP contribution in [0, 0.1) is 11.3 Å². The highest BCUT2D eigenvalue weighted by Gasteiger charge is 2.33. The fourth-order valence-electron chi connectivity index (χ4n) is 1.96. The van der Waals surface area contributed by atoms with Gasteiger partial charge in [-0.15, -0.1) is 6.58 Å². The summed E-state index contributed by atoms with van der Waals surface area (Å²) in [4.78, 5) is 11.8. The number of alkyl halides is 3. The Morgan fingerprint density at radius 3 is 2.68 bits per heavy atom. The minimum Gasteiger partial charge on any atom is -0.332 e. The van der Waals surface area contributed by atoms with Crippen molar-refractivity contribution in [1.82, 2.24) is 10.6 Å². The van der Waals surface area contributed by atoms with E-state index < -0.39 is 30.2 Å². The van der Waals surface area contributed by atoms with Crippen molar-refractivity contribution in [1.29, 1.82) is 5.41 Å². The van der Waals surface area contributed by atoms with Crippen LogP contribution in [0.25, 0.3) is 0 Å². The Labute approximate surface area is 127 Å². The quantitative estimate of drug-likeness (QED) is 0.669. The summed E-state index contributed by atoms with van der Waals surface area (Å²) in [5.41, 5.74) is -0.426. The average Bonchev–Trinajstić information content (AvgIpc) is 2.41. The first kappa shape index (κ1) is 18.0. The Morgan fingerprint density at radius 1 is 1.55 bits per heavy atom. The van der Waals surface area contributed by atoms with Gasteiger partial charge in [0.1, 0.15) is 0 Å².